The van der Waals surface area contributed by atoms with Crippen LogP contribution in [0.25, 0.3) is 11.6 Å². The van der Waals surface area contributed by atoms with E-state index in [4.69, 9.17) is 23.2 Å². The second-order valence-corrected chi connectivity index (χ2v) is 14.2. The van der Waals surface area contributed by atoms with E-state index < -0.39 is 9.84 Å². The lowest BCUT2D eigenvalue weighted by molar-refractivity contribution is -0.110. The highest BCUT2D eigenvalue weighted by molar-refractivity contribution is 7.90. The smallest absolute Gasteiger partial charge is 0.256 e. The average molecular weight is 614 g/mol. The fraction of sp³-hybridized carbons (Fsp3) is 0.387. The number of nitrogens with zero attached hydrogens (tertiary/aromatic N) is 1. The van der Waals surface area contributed by atoms with Crippen molar-refractivity contribution < 1.29 is 13.2 Å². The fourth-order valence-corrected chi connectivity index (χ4v) is 7.97. The number of likely N-dealkylation sites (tertiary alicyclic amines) is 1. The molecular formula is C31H34Cl2N4O3S. The van der Waals surface area contributed by atoms with E-state index in [9.17, 15) is 13.2 Å². The fourth-order valence-electron chi connectivity index (χ4n) is 5.85. The molecule has 1 saturated heterocycles. The van der Waals surface area contributed by atoms with Crippen LogP contribution in [0, 0.1) is 13.8 Å². The lowest BCUT2D eigenvalue weighted by Gasteiger charge is -2.32. The number of anilines is 1. The molecule has 3 N–H and O–H groups in total. The summed E-state index contributed by atoms with van der Waals surface area (Å²) < 4.78 is 26.7. The van der Waals surface area contributed by atoms with Crippen LogP contribution in [0.3, 0.4) is 0 Å². The lowest BCUT2D eigenvalue weighted by atomic mass is 10.0. The van der Waals surface area contributed by atoms with Gasteiger partial charge in [0.25, 0.3) is 5.91 Å². The van der Waals surface area contributed by atoms with Crippen molar-refractivity contribution >= 4 is 56.3 Å². The van der Waals surface area contributed by atoms with Gasteiger partial charge in [0.1, 0.15) is 0 Å². The van der Waals surface area contributed by atoms with Gasteiger partial charge in [0.2, 0.25) is 0 Å². The molecule has 2 aromatic carbocycles. The third kappa shape index (κ3) is 5.99. The predicted molar refractivity (Wildman–Crippen MR) is 165 cm³/mol. The Labute approximate surface area is 251 Å². The van der Waals surface area contributed by atoms with Gasteiger partial charge in [-0.25, -0.2) is 8.42 Å². The van der Waals surface area contributed by atoms with Gasteiger partial charge in [0.05, 0.1) is 16.2 Å². The molecule has 3 aliphatic rings. The maximum absolute atomic E-state index is 13.4. The highest BCUT2D eigenvalue weighted by Crippen LogP contribution is 2.37. The summed E-state index contributed by atoms with van der Waals surface area (Å²) >= 11 is 12.5. The molecule has 3 aromatic rings. The van der Waals surface area contributed by atoms with E-state index >= 15 is 0 Å². The van der Waals surface area contributed by atoms with Crippen LogP contribution in [0.15, 0.2) is 41.3 Å². The number of aryl methyl sites for hydroxylation is 1. The standard InChI is InChI=1S/C31H34Cl2N4O3S/c1-18-25(16-37-12-10-21(11-13-37)35-20-6-7-20)19(2)34-30(18)15-24-23-14-22(8-9-29(23)36-31(24)38)41(39,40)17-26-27(32)4-3-5-28(26)33/h3-5,8-9,14-15,20-21,34-35H,6-7,10-13,16-17H2,1-2H3,(H,36,38). The Morgan fingerprint density at radius 1 is 1.00 bits per heavy atom. The molecule has 41 heavy (non-hydrogen) atoms. The summed E-state index contributed by atoms with van der Waals surface area (Å²) in [6, 6.07) is 11.0. The first-order valence-corrected chi connectivity index (χ1v) is 16.5. The quantitative estimate of drug-likeness (QED) is 0.266. The summed E-state index contributed by atoms with van der Waals surface area (Å²) in [6.45, 7) is 7.14. The Kier molecular flexibility index (Phi) is 7.80. The largest absolute Gasteiger partial charge is 0.359 e. The monoisotopic (exact) mass is 612 g/mol. The first kappa shape index (κ1) is 28.5. The second-order valence-electron chi connectivity index (χ2n) is 11.4. The van der Waals surface area contributed by atoms with Gasteiger partial charge >= 0.3 is 0 Å². The van der Waals surface area contributed by atoms with Crippen LogP contribution >= 0.6 is 23.2 Å². The number of hydrogen-bond donors (Lipinski definition) is 3. The number of rotatable bonds is 8. The van der Waals surface area contributed by atoms with Crippen molar-refractivity contribution in [2.24, 2.45) is 0 Å². The van der Waals surface area contributed by atoms with Crippen LogP contribution in [-0.2, 0) is 26.9 Å². The molecule has 0 atom stereocenters. The van der Waals surface area contributed by atoms with E-state index in [-0.39, 0.29) is 16.6 Å². The zero-order chi connectivity index (χ0) is 28.9. The summed E-state index contributed by atoms with van der Waals surface area (Å²) in [5, 5.41) is 7.23. The topological polar surface area (TPSA) is 94.3 Å². The number of aromatic amines is 1. The zero-order valence-corrected chi connectivity index (χ0v) is 25.5. The van der Waals surface area contributed by atoms with Crippen LogP contribution in [0.5, 0.6) is 0 Å². The van der Waals surface area contributed by atoms with Crippen LogP contribution in [-0.4, -0.2) is 49.4 Å². The van der Waals surface area contributed by atoms with Gasteiger partial charge < -0.3 is 15.6 Å². The Hall–Kier alpha value is -2.62. The maximum Gasteiger partial charge on any atom is 0.256 e. The number of fused-ring (bicyclic) bond motifs is 1. The second kappa shape index (κ2) is 11.2. The molecule has 2 fully saturated rings. The Balaban J connectivity index is 1.23. The van der Waals surface area contributed by atoms with Crippen molar-refractivity contribution in [2.45, 2.75) is 68.8 Å². The van der Waals surface area contributed by atoms with Gasteiger partial charge in [-0.15, -0.1) is 0 Å². The SMILES string of the molecule is Cc1[nH]c(C=C2C(=O)Nc3ccc(S(=O)(=O)Cc4c(Cl)cccc4Cl)cc32)c(C)c1CN1CCC(NC2CC2)CC1. The molecule has 1 amide bonds. The van der Waals surface area contributed by atoms with Crippen molar-refractivity contribution in [3.63, 3.8) is 0 Å². The molecule has 3 heterocycles. The third-order valence-electron chi connectivity index (χ3n) is 8.47. The van der Waals surface area contributed by atoms with Crippen molar-refractivity contribution in [2.75, 3.05) is 18.4 Å². The summed E-state index contributed by atoms with van der Waals surface area (Å²) in [5.74, 6) is -0.598. The average Bonchev–Trinajstić information content (AvgIpc) is 3.65. The minimum Gasteiger partial charge on any atom is -0.359 e. The third-order valence-corrected chi connectivity index (χ3v) is 10.8. The summed E-state index contributed by atoms with van der Waals surface area (Å²) in [7, 11) is -3.78. The molecule has 1 aromatic heterocycles. The number of nitrogens with one attached hydrogen (secondary N) is 3. The van der Waals surface area contributed by atoms with E-state index in [0.717, 1.165) is 42.6 Å². The van der Waals surface area contributed by atoms with E-state index in [1.54, 1.807) is 30.3 Å². The molecule has 0 radical (unpaired) electrons. The number of carbonyl (C=O) groups is 1. The predicted octanol–water partition coefficient (Wildman–Crippen LogP) is 6.12. The van der Waals surface area contributed by atoms with Crippen LogP contribution in [0.1, 0.15) is 59.3 Å². The van der Waals surface area contributed by atoms with Crippen molar-refractivity contribution in [3.8, 4) is 0 Å². The molecule has 1 aliphatic carbocycles. The number of carbonyl (C=O) groups excluding carboxylic acids is 1. The van der Waals surface area contributed by atoms with Crippen molar-refractivity contribution in [1.29, 1.82) is 0 Å². The minimum absolute atomic E-state index is 0.106. The van der Waals surface area contributed by atoms with Gasteiger partial charge in [-0.05, 0) is 100 Å². The Morgan fingerprint density at radius 2 is 1.68 bits per heavy atom. The molecule has 1 saturated carbocycles. The highest BCUT2D eigenvalue weighted by Gasteiger charge is 2.30. The van der Waals surface area contributed by atoms with Crippen molar-refractivity contribution in [1.82, 2.24) is 15.2 Å². The minimum atomic E-state index is -3.78. The number of sulfone groups is 1. The molecule has 0 bridgehead atoms. The Morgan fingerprint density at radius 3 is 2.37 bits per heavy atom. The number of halogens is 2. The summed E-state index contributed by atoms with van der Waals surface area (Å²) in [6.07, 6.45) is 6.80. The molecule has 7 nitrogen and oxygen atoms in total. The van der Waals surface area contributed by atoms with Gasteiger partial charge in [0.15, 0.2) is 9.84 Å². The van der Waals surface area contributed by atoms with Gasteiger partial charge in [-0.2, -0.15) is 0 Å². The van der Waals surface area contributed by atoms with Crippen molar-refractivity contribution in [3.05, 3.63) is 80.1 Å². The van der Waals surface area contributed by atoms with Gasteiger partial charge in [-0.1, -0.05) is 29.3 Å². The molecule has 2 aliphatic heterocycles. The molecule has 10 heteroatoms. The molecule has 216 valence electrons. The molecule has 0 unspecified atom stereocenters. The number of benzene rings is 2. The Bertz CT molecular complexity index is 1630. The number of piperidine rings is 1. The van der Waals surface area contributed by atoms with Gasteiger partial charge in [-0.3, -0.25) is 9.69 Å². The maximum atomic E-state index is 13.4. The number of H-pyrrole nitrogens is 1. The normalized spacial score (nSPS) is 19.1. The van der Waals surface area contributed by atoms with E-state index in [0.29, 0.717) is 38.5 Å². The molecular weight excluding hydrogens is 579 g/mol. The lowest BCUT2D eigenvalue weighted by Crippen LogP contribution is -2.42. The zero-order valence-electron chi connectivity index (χ0n) is 23.2. The number of hydrogen-bond acceptors (Lipinski definition) is 5. The van der Waals surface area contributed by atoms with Crippen LogP contribution in [0.4, 0.5) is 5.69 Å². The number of aromatic nitrogens is 1. The molecule has 6 rings (SSSR count). The first-order chi connectivity index (χ1) is 19.6. The summed E-state index contributed by atoms with van der Waals surface area (Å²) in [4.78, 5) is 19.1. The van der Waals surface area contributed by atoms with E-state index in [1.807, 2.05) is 6.08 Å². The highest BCUT2D eigenvalue weighted by atomic mass is 35.5. The van der Waals surface area contributed by atoms with Crippen LogP contribution < -0.4 is 10.6 Å². The first-order valence-electron chi connectivity index (χ1n) is 14.1. The van der Waals surface area contributed by atoms with Gasteiger partial charge in [0, 0.05) is 56.9 Å². The molecule has 0 spiro atoms. The van der Waals surface area contributed by atoms with Crippen LogP contribution in [0.2, 0.25) is 10.0 Å². The van der Waals surface area contributed by atoms with E-state index in [1.165, 1.54) is 37.3 Å². The summed E-state index contributed by atoms with van der Waals surface area (Å²) in [5.41, 5.74) is 6.21. The number of amides is 1. The van der Waals surface area contributed by atoms with E-state index in [2.05, 4.69) is 34.4 Å².